The van der Waals surface area contributed by atoms with Crippen molar-refractivity contribution in [2.24, 2.45) is 5.92 Å². The Kier molecular flexibility index (Phi) is 4.07. The molecule has 0 amide bonds. The molecule has 2 aromatic heterocycles. The van der Waals surface area contributed by atoms with Crippen LogP contribution in [0.25, 0.3) is 5.65 Å². The standard InChI is InChI=1S/C16H19N5O/c1-20(10-12-5-3-2-4-6-12)11-14-7-15(22)21-16(19-14)13(8-17)9-18-21/h2-3,7,9,12,18H,4-6,10-11H2,1H3. The molecule has 114 valence electrons. The maximum absolute atomic E-state index is 12.1. The number of rotatable bonds is 4. The van der Waals surface area contributed by atoms with Crippen LogP contribution in [0.3, 0.4) is 0 Å². The number of nitrogens with one attached hydrogen (secondary N) is 1. The molecule has 0 radical (unpaired) electrons. The van der Waals surface area contributed by atoms with E-state index in [0.717, 1.165) is 19.4 Å². The van der Waals surface area contributed by atoms with Crippen molar-refractivity contribution in [1.82, 2.24) is 19.5 Å². The van der Waals surface area contributed by atoms with Crippen LogP contribution in [0, 0.1) is 17.2 Å². The summed E-state index contributed by atoms with van der Waals surface area (Å²) in [5, 5.41) is 11.8. The van der Waals surface area contributed by atoms with Crippen molar-refractivity contribution in [3.8, 4) is 6.07 Å². The summed E-state index contributed by atoms with van der Waals surface area (Å²) < 4.78 is 1.30. The molecule has 0 aromatic carbocycles. The molecule has 2 heterocycles. The summed E-state index contributed by atoms with van der Waals surface area (Å²) in [5.74, 6) is 0.668. The van der Waals surface area contributed by atoms with Crippen molar-refractivity contribution in [3.05, 3.63) is 46.0 Å². The highest BCUT2D eigenvalue weighted by atomic mass is 16.1. The molecular weight excluding hydrogens is 278 g/mol. The highest BCUT2D eigenvalue weighted by Gasteiger charge is 2.14. The van der Waals surface area contributed by atoms with Gasteiger partial charge >= 0.3 is 0 Å². The van der Waals surface area contributed by atoms with Crippen molar-refractivity contribution in [3.63, 3.8) is 0 Å². The first-order valence-electron chi connectivity index (χ1n) is 7.51. The summed E-state index contributed by atoms with van der Waals surface area (Å²) in [7, 11) is 2.05. The van der Waals surface area contributed by atoms with Gasteiger partial charge in [-0.1, -0.05) is 12.2 Å². The van der Waals surface area contributed by atoms with Gasteiger partial charge < -0.3 is 4.90 Å². The Morgan fingerprint density at radius 1 is 1.55 bits per heavy atom. The van der Waals surface area contributed by atoms with Crippen LogP contribution >= 0.6 is 0 Å². The lowest BCUT2D eigenvalue weighted by molar-refractivity contribution is 0.256. The van der Waals surface area contributed by atoms with E-state index in [9.17, 15) is 4.79 Å². The highest BCUT2D eigenvalue weighted by Crippen LogP contribution is 2.19. The second-order valence-corrected chi connectivity index (χ2v) is 5.89. The zero-order chi connectivity index (χ0) is 15.5. The van der Waals surface area contributed by atoms with E-state index in [4.69, 9.17) is 5.26 Å². The van der Waals surface area contributed by atoms with Crippen LogP contribution in [-0.2, 0) is 6.54 Å². The first-order valence-corrected chi connectivity index (χ1v) is 7.51. The van der Waals surface area contributed by atoms with Crippen molar-refractivity contribution in [2.45, 2.75) is 25.8 Å². The Hall–Kier alpha value is -2.39. The summed E-state index contributed by atoms with van der Waals surface area (Å²) in [6.07, 6.45) is 9.48. The van der Waals surface area contributed by atoms with Gasteiger partial charge in [-0.25, -0.2) is 9.50 Å². The molecular formula is C16H19N5O. The van der Waals surface area contributed by atoms with Gasteiger partial charge in [0, 0.05) is 25.4 Å². The van der Waals surface area contributed by atoms with Gasteiger partial charge in [-0.3, -0.25) is 9.89 Å². The molecule has 0 aliphatic heterocycles. The fourth-order valence-electron chi connectivity index (χ4n) is 3.00. The van der Waals surface area contributed by atoms with Crippen molar-refractivity contribution < 1.29 is 0 Å². The Labute approximate surface area is 128 Å². The van der Waals surface area contributed by atoms with Gasteiger partial charge in [0.15, 0.2) is 5.65 Å². The monoisotopic (exact) mass is 297 g/mol. The Bertz CT molecular complexity index is 795. The predicted octanol–water partition coefficient (Wildman–Crippen LogP) is 1.68. The molecule has 22 heavy (non-hydrogen) atoms. The second kappa shape index (κ2) is 6.16. The number of H-pyrrole nitrogens is 1. The second-order valence-electron chi connectivity index (χ2n) is 5.89. The SMILES string of the molecule is CN(Cc1cc(=O)n2[nH]cc(C#N)c2n1)CC1CC=CCC1. The zero-order valence-corrected chi connectivity index (χ0v) is 12.6. The molecule has 6 nitrogen and oxygen atoms in total. The average molecular weight is 297 g/mol. The normalized spacial score (nSPS) is 18.0. The van der Waals surface area contributed by atoms with E-state index in [1.54, 1.807) is 0 Å². The van der Waals surface area contributed by atoms with Crippen LogP contribution in [0.2, 0.25) is 0 Å². The number of hydrogen-bond acceptors (Lipinski definition) is 4. The topological polar surface area (TPSA) is 77.2 Å². The number of aromatic amines is 1. The van der Waals surface area contributed by atoms with Crippen LogP contribution < -0.4 is 5.56 Å². The Balaban J connectivity index is 1.77. The predicted molar refractivity (Wildman–Crippen MR) is 83.3 cm³/mol. The van der Waals surface area contributed by atoms with E-state index < -0.39 is 0 Å². The van der Waals surface area contributed by atoms with Crippen LogP contribution in [0.15, 0.2) is 29.2 Å². The molecule has 1 N–H and O–H groups in total. The van der Waals surface area contributed by atoms with Gasteiger partial charge in [-0.15, -0.1) is 0 Å². The van der Waals surface area contributed by atoms with E-state index in [1.165, 1.54) is 23.2 Å². The van der Waals surface area contributed by atoms with Gasteiger partial charge in [-0.2, -0.15) is 5.26 Å². The molecule has 6 heteroatoms. The van der Waals surface area contributed by atoms with E-state index in [2.05, 4.69) is 27.1 Å². The fraction of sp³-hybridized carbons (Fsp3) is 0.438. The molecule has 0 saturated heterocycles. The maximum atomic E-state index is 12.1. The first-order chi connectivity index (χ1) is 10.7. The molecule has 1 aliphatic rings. The van der Waals surface area contributed by atoms with E-state index in [1.807, 2.05) is 13.1 Å². The molecule has 1 atom stereocenters. The third kappa shape index (κ3) is 2.95. The quantitative estimate of drug-likeness (QED) is 0.871. The smallest absolute Gasteiger partial charge is 0.272 e. The third-order valence-corrected chi connectivity index (χ3v) is 4.05. The number of allylic oxidation sites excluding steroid dienone is 2. The van der Waals surface area contributed by atoms with Crippen LogP contribution in [0.5, 0.6) is 0 Å². The molecule has 0 bridgehead atoms. The summed E-state index contributed by atoms with van der Waals surface area (Å²) in [6.45, 7) is 1.60. The summed E-state index contributed by atoms with van der Waals surface area (Å²) in [5.41, 5.74) is 1.31. The lowest BCUT2D eigenvalue weighted by Crippen LogP contribution is -2.27. The van der Waals surface area contributed by atoms with Crippen molar-refractivity contribution in [1.29, 1.82) is 5.26 Å². The van der Waals surface area contributed by atoms with Gasteiger partial charge in [-0.05, 0) is 32.2 Å². The maximum Gasteiger partial charge on any atom is 0.272 e. The van der Waals surface area contributed by atoms with Crippen LogP contribution in [0.1, 0.15) is 30.5 Å². The molecule has 3 rings (SSSR count). The Morgan fingerprint density at radius 3 is 3.14 bits per heavy atom. The molecule has 1 unspecified atom stereocenters. The minimum absolute atomic E-state index is 0.185. The number of aromatic nitrogens is 3. The molecule has 0 fully saturated rings. The van der Waals surface area contributed by atoms with Crippen LogP contribution in [-0.4, -0.2) is 33.1 Å². The third-order valence-electron chi connectivity index (χ3n) is 4.05. The molecule has 2 aromatic rings. The van der Waals surface area contributed by atoms with E-state index in [0.29, 0.717) is 29.4 Å². The minimum Gasteiger partial charge on any atom is -0.300 e. The lowest BCUT2D eigenvalue weighted by Gasteiger charge is -2.24. The van der Waals surface area contributed by atoms with Gasteiger partial charge in [0.1, 0.15) is 11.6 Å². The fourth-order valence-corrected chi connectivity index (χ4v) is 3.00. The summed E-state index contributed by atoms with van der Waals surface area (Å²) >= 11 is 0. The average Bonchev–Trinajstić information content (AvgIpc) is 2.91. The summed E-state index contributed by atoms with van der Waals surface area (Å²) in [6, 6.07) is 3.58. The van der Waals surface area contributed by atoms with Gasteiger partial charge in [0.05, 0.1) is 5.69 Å². The number of nitrogens with zero attached hydrogens (tertiary/aromatic N) is 4. The number of hydrogen-bond donors (Lipinski definition) is 1. The lowest BCUT2D eigenvalue weighted by atomic mass is 9.94. The number of fused-ring (bicyclic) bond motifs is 1. The van der Waals surface area contributed by atoms with Crippen molar-refractivity contribution in [2.75, 3.05) is 13.6 Å². The summed E-state index contributed by atoms with van der Waals surface area (Å²) in [4.78, 5) is 18.7. The molecule has 0 spiro atoms. The van der Waals surface area contributed by atoms with E-state index in [-0.39, 0.29) is 5.56 Å². The van der Waals surface area contributed by atoms with Gasteiger partial charge in [0.2, 0.25) is 0 Å². The Morgan fingerprint density at radius 2 is 2.41 bits per heavy atom. The van der Waals surface area contributed by atoms with Crippen LogP contribution in [0.4, 0.5) is 0 Å². The molecule has 0 saturated carbocycles. The minimum atomic E-state index is -0.185. The van der Waals surface area contributed by atoms with E-state index >= 15 is 0 Å². The zero-order valence-electron chi connectivity index (χ0n) is 12.6. The largest absolute Gasteiger partial charge is 0.300 e. The first kappa shape index (κ1) is 14.5. The number of nitriles is 1. The highest BCUT2D eigenvalue weighted by molar-refractivity contribution is 5.53. The van der Waals surface area contributed by atoms with Gasteiger partial charge in [0.25, 0.3) is 5.56 Å². The molecule has 1 aliphatic carbocycles. The van der Waals surface area contributed by atoms with Crippen molar-refractivity contribution >= 4 is 5.65 Å².